The summed E-state index contributed by atoms with van der Waals surface area (Å²) < 4.78 is 33.3. The molecule has 2 rings (SSSR count). The van der Waals surface area contributed by atoms with Gasteiger partial charge in [0.25, 0.3) is 0 Å². The molecule has 0 atom stereocenters. The van der Waals surface area contributed by atoms with E-state index in [1.807, 2.05) is 4.90 Å². The quantitative estimate of drug-likeness (QED) is 0.643. The molecule has 0 spiro atoms. The van der Waals surface area contributed by atoms with Crippen molar-refractivity contribution >= 4 is 17.9 Å². The molecule has 1 aliphatic heterocycles. The molecule has 1 saturated heterocycles. The van der Waals surface area contributed by atoms with Crippen LogP contribution in [-0.4, -0.2) is 43.1 Å². The Balaban J connectivity index is 1.92. The number of halogens is 1. The Morgan fingerprint density at radius 1 is 1.43 bits per heavy atom. The summed E-state index contributed by atoms with van der Waals surface area (Å²) in [7, 11) is 3.28. The summed E-state index contributed by atoms with van der Waals surface area (Å²) in [6.45, 7) is 1.53. The molecule has 0 aliphatic carbocycles. The van der Waals surface area contributed by atoms with Crippen molar-refractivity contribution in [2.24, 2.45) is 5.92 Å². The molecule has 1 aliphatic rings. The highest BCUT2D eigenvalue weighted by atomic mass is 32.2. The van der Waals surface area contributed by atoms with E-state index >= 15 is 0 Å². The third-order valence-corrected chi connectivity index (χ3v) is 4.30. The molecule has 2 heterocycles. The van der Waals surface area contributed by atoms with E-state index in [0.29, 0.717) is 28.7 Å². The maximum Gasteiger partial charge on any atom is 0.166 e. The number of hydrogen-bond acceptors (Lipinski definition) is 6. The average Bonchev–Trinajstić information content (AvgIpc) is 2.53. The maximum atomic E-state index is 14.0. The number of rotatable bonds is 6. The van der Waals surface area contributed by atoms with Gasteiger partial charge in [-0.2, -0.15) is 0 Å². The third-order valence-electron chi connectivity index (χ3n) is 3.87. The molecule has 7 heteroatoms. The van der Waals surface area contributed by atoms with E-state index in [1.165, 1.54) is 12.3 Å². The van der Waals surface area contributed by atoms with Crippen molar-refractivity contribution in [3.05, 3.63) is 18.1 Å². The van der Waals surface area contributed by atoms with Crippen LogP contribution in [0.15, 0.2) is 17.2 Å². The van der Waals surface area contributed by atoms with Gasteiger partial charge in [-0.05, 0) is 24.8 Å². The second kappa shape index (κ2) is 7.93. The van der Waals surface area contributed by atoms with Crippen LogP contribution in [0, 0.1) is 11.7 Å². The summed E-state index contributed by atoms with van der Waals surface area (Å²) in [5.41, 5.74) is 0. The van der Waals surface area contributed by atoms with Crippen LogP contribution < -0.4 is 4.90 Å². The van der Waals surface area contributed by atoms with Crippen molar-refractivity contribution in [2.45, 2.75) is 30.4 Å². The van der Waals surface area contributed by atoms with Gasteiger partial charge < -0.3 is 18.9 Å². The van der Waals surface area contributed by atoms with Crippen LogP contribution in [0.1, 0.15) is 19.3 Å². The molecule has 1 aromatic rings. The number of methoxy groups -OCH3 is 2. The number of nitrogens with zero attached hydrogens (tertiary/aromatic N) is 2. The highest BCUT2D eigenvalue weighted by Crippen LogP contribution is 2.28. The SMILES string of the molecule is COC(CC1CCN(c2ncc(SO)cc2F)CC1)OC. The summed E-state index contributed by atoms with van der Waals surface area (Å²) >= 11 is 0.502. The molecular formula is C14H21FN2O3S. The third kappa shape index (κ3) is 4.29. The van der Waals surface area contributed by atoms with E-state index in [-0.39, 0.29) is 12.1 Å². The van der Waals surface area contributed by atoms with Gasteiger partial charge in [0.05, 0.1) is 4.90 Å². The highest BCUT2D eigenvalue weighted by Gasteiger charge is 2.24. The van der Waals surface area contributed by atoms with Gasteiger partial charge in [0.15, 0.2) is 17.9 Å². The Morgan fingerprint density at radius 2 is 2.10 bits per heavy atom. The Hall–Kier alpha value is -0.890. The minimum atomic E-state index is -0.390. The van der Waals surface area contributed by atoms with E-state index in [4.69, 9.17) is 14.0 Å². The van der Waals surface area contributed by atoms with Gasteiger partial charge in [-0.3, -0.25) is 0 Å². The van der Waals surface area contributed by atoms with E-state index in [9.17, 15) is 4.39 Å². The van der Waals surface area contributed by atoms with Crippen LogP contribution in [-0.2, 0) is 9.47 Å². The Labute approximate surface area is 128 Å². The van der Waals surface area contributed by atoms with Crippen molar-refractivity contribution in [3.8, 4) is 0 Å². The molecule has 118 valence electrons. The fourth-order valence-electron chi connectivity index (χ4n) is 2.64. The molecule has 1 N–H and O–H groups in total. The van der Waals surface area contributed by atoms with Crippen molar-refractivity contribution < 1.29 is 18.4 Å². The monoisotopic (exact) mass is 316 g/mol. The molecule has 0 unspecified atom stereocenters. The zero-order valence-electron chi connectivity index (χ0n) is 12.3. The molecule has 1 fully saturated rings. The predicted molar refractivity (Wildman–Crippen MR) is 80.0 cm³/mol. The van der Waals surface area contributed by atoms with Gasteiger partial charge in [-0.25, -0.2) is 9.37 Å². The topological polar surface area (TPSA) is 54.8 Å². The zero-order chi connectivity index (χ0) is 15.2. The van der Waals surface area contributed by atoms with Crippen molar-refractivity contribution in [3.63, 3.8) is 0 Å². The first-order chi connectivity index (χ1) is 10.2. The molecule has 0 saturated carbocycles. The van der Waals surface area contributed by atoms with E-state index in [0.717, 1.165) is 32.4 Å². The maximum absolute atomic E-state index is 14.0. The lowest BCUT2D eigenvalue weighted by Gasteiger charge is -2.34. The minimum absolute atomic E-state index is 0.169. The van der Waals surface area contributed by atoms with Crippen molar-refractivity contribution in [1.29, 1.82) is 0 Å². The van der Waals surface area contributed by atoms with Gasteiger partial charge in [0.2, 0.25) is 0 Å². The molecule has 0 aromatic carbocycles. The first kappa shape index (κ1) is 16.5. The largest absolute Gasteiger partial charge is 0.356 e. The standard InChI is InChI=1S/C14H21FN2O3S/c1-19-13(20-2)7-10-3-5-17(6-4-10)14-12(15)8-11(21-18)9-16-14/h8-10,13,18H,3-7H2,1-2H3. The Kier molecular flexibility index (Phi) is 6.22. The van der Waals surface area contributed by atoms with Crippen LogP contribution in [0.2, 0.25) is 0 Å². The second-order valence-corrected chi connectivity index (χ2v) is 5.79. The Bertz CT molecular complexity index is 452. The number of hydrogen-bond donors (Lipinski definition) is 1. The van der Waals surface area contributed by atoms with Gasteiger partial charge >= 0.3 is 0 Å². The van der Waals surface area contributed by atoms with Gasteiger partial charge in [-0.1, -0.05) is 0 Å². The number of pyridine rings is 1. The van der Waals surface area contributed by atoms with Crippen LogP contribution in [0.5, 0.6) is 0 Å². The molecule has 0 bridgehead atoms. The lowest BCUT2D eigenvalue weighted by Crippen LogP contribution is -2.36. The van der Waals surface area contributed by atoms with Crippen LogP contribution >= 0.6 is 12.0 Å². The van der Waals surface area contributed by atoms with Gasteiger partial charge in [0, 0.05) is 52.0 Å². The first-order valence-corrected chi connectivity index (χ1v) is 7.72. The number of anilines is 1. The second-order valence-electron chi connectivity index (χ2n) is 5.13. The fourth-order valence-corrected chi connectivity index (χ4v) is 2.89. The van der Waals surface area contributed by atoms with E-state index < -0.39 is 0 Å². The lowest BCUT2D eigenvalue weighted by atomic mass is 9.93. The summed E-state index contributed by atoms with van der Waals surface area (Å²) in [5, 5.41) is 0. The summed E-state index contributed by atoms with van der Waals surface area (Å²) in [6, 6.07) is 1.31. The summed E-state index contributed by atoms with van der Waals surface area (Å²) in [6.07, 6.45) is 4.09. The number of aromatic nitrogens is 1. The Morgan fingerprint density at radius 3 is 2.62 bits per heavy atom. The normalized spacial score (nSPS) is 16.7. The number of piperidine rings is 1. The molecule has 1 aromatic heterocycles. The minimum Gasteiger partial charge on any atom is -0.356 e. The van der Waals surface area contributed by atoms with E-state index in [2.05, 4.69) is 4.98 Å². The molecule has 21 heavy (non-hydrogen) atoms. The molecule has 5 nitrogen and oxygen atoms in total. The van der Waals surface area contributed by atoms with Crippen LogP contribution in [0.4, 0.5) is 10.2 Å². The molecule has 0 amide bonds. The average molecular weight is 316 g/mol. The van der Waals surface area contributed by atoms with Crippen molar-refractivity contribution in [2.75, 3.05) is 32.2 Å². The number of ether oxygens (including phenoxy) is 2. The van der Waals surface area contributed by atoms with Crippen molar-refractivity contribution in [1.82, 2.24) is 4.98 Å². The highest BCUT2D eigenvalue weighted by molar-refractivity contribution is 7.93. The van der Waals surface area contributed by atoms with E-state index in [1.54, 1.807) is 14.2 Å². The van der Waals surface area contributed by atoms with Gasteiger partial charge in [0.1, 0.15) is 0 Å². The zero-order valence-corrected chi connectivity index (χ0v) is 13.1. The smallest absolute Gasteiger partial charge is 0.166 e. The summed E-state index contributed by atoms with van der Waals surface area (Å²) in [4.78, 5) is 6.47. The molecular weight excluding hydrogens is 295 g/mol. The van der Waals surface area contributed by atoms with Crippen LogP contribution in [0.25, 0.3) is 0 Å². The molecule has 0 radical (unpaired) electrons. The lowest BCUT2D eigenvalue weighted by molar-refractivity contribution is -0.115. The fraction of sp³-hybridized carbons (Fsp3) is 0.643. The summed E-state index contributed by atoms with van der Waals surface area (Å²) in [5.74, 6) is 0.488. The van der Waals surface area contributed by atoms with Gasteiger partial charge in [-0.15, -0.1) is 0 Å². The predicted octanol–water partition coefficient (Wildman–Crippen LogP) is 3.01. The van der Waals surface area contributed by atoms with Crippen LogP contribution in [0.3, 0.4) is 0 Å². The first-order valence-electron chi connectivity index (χ1n) is 6.95.